The van der Waals surface area contributed by atoms with Gasteiger partial charge >= 0.3 is 0 Å². The topological polar surface area (TPSA) is 87.7 Å². The van der Waals surface area contributed by atoms with E-state index in [1.54, 1.807) is 11.0 Å². The molecule has 4 aliphatic rings. The summed E-state index contributed by atoms with van der Waals surface area (Å²) in [5.41, 5.74) is 2.28. The van der Waals surface area contributed by atoms with Crippen LogP contribution in [0.15, 0.2) is 29.6 Å². The standard InChI is InChI=1S/C25H30FN3O4/c1-14-15(11-19(14)26)12-27-20-4-2-3-5-22(20)33-17-6-7-18-16(10-17)13-29(25(18)32)21-8-9-23(30)28-24(21)31/h6-7,10,15,20-22,27H,2-5,8-9,11-13H2,1H3,(H,28,30,31)/t15?,20-,21?,22+/m0/s1. The summed E-state index contributed by atoms with van der Waals surface area (Å²) in [6.45, 7) is 2.97. The zero-order chi connectivity index (χ0) is 23.1. The largest absolute Gasteiger partial charge is 0.489 e. The van der Waals surface area contributed by atoms with E-state index in [9.17, 15) is 18.8 Å². The Bertz CT molecular complexity index is 1020. The van der Waals surface area contributed by atoms with E-state index in [1.165, 1.54) is 0 Å². The van der Waals surface area contributed by atoms with E-state index < -0.39 is 11.9 Å². The third-order valence-electron chi connectivity index (χ3n) is 7.58. The molecule has 2 heterocycles. The summed E-state index contributed by atoms with van der Waals surface area (Å²) in [5.74, 6) is 0.140. The SMILES string of the molecule is CC1=C(F)CC1CN[C@H]1CCCC[C@H]1Oc1ccc2c(c1)CN(C1CCC(=O)NC1=O)C2=O. The number of hydrogen-bond donors (Lipinski definition) is 2. The van der Waals surface area contributed by atoms with Gasteiger partial charge in [0, 0.05) is 43.5 Å². The van der Waals surface area contributed by atoms with Crippen molar-refractivity contribution < 1.29 is 23.5 Å². The van der Waals surface area contributed by atoms with Gasteiger partial charge in [0.25, 0.3) is 5.91 Å². The molecule has 1 saturated heterocycles. The predicted molar refractivity (Wildman–Crippen MR) is 119 cm³/mol. The lowest BCUT2D eigenvalue weighted by molar-refractivity contribution is -0.136. The second-order valence-corrected chi connectivity index (χ2v) is 9.66. The molecule has 0 bridgehead atoms. The van der Waals surface area contributed by atoms with Gasteiger partial charge in [-0.1, -0.05) is 6.42 Å². The van der Waals surface area contributed by atoms with E-state index >= 15 is 0 Å². The molecular formula is C25H30FN3O4. The molecule has 0 spiro atoms. The molecule has 4 atom stereocenters. The van der Waals surface area contributed by atoms with Crippen LogP contribution in [0, 0.1) is 5.92 Å². The molecule has 3 amide bonds. The van der Waals surface area contributed by atoms with Gasteiger partial charge < -0.3 is 15.0 Å². The van der Waals surface area contributed by atoms with E-state index in [-0.39, 0.29) is 42.1 Å². The quantitative estimate of drug-likeness (QED) is 0.644. The number of allylic oxidation sites excluding steroid dienone is 1. The van der Waals surface area contributed by atoms with Gasteiger partial charge in [0.2, 0.25) is 11.8 Å². The van der Waals surface area contributed by atoms with Gasteiger partial charge in [0.1, 0.15) is 17.9 Å². The van der Waals surface area contributed by atoms with Gasteiger partial charge in [-0.25, -0.2) is 4.39 Å². The number of hydrogen-bond acceptors (Lipinski definition) is 5. The number of benzene rings is 1. The molecule has 0 aromatic heterocycles. The number of nitrogens with one attached hydrogen (secondary N) is 2. The highest BCUT2D eigenvalue weighted by atomic mass is 19.1. The zero-order valence-corrected chi connectivity index (χ0v) is 18.9. The Kier molecular flexibility index (Phi) is 5.95. The number of ether oxygens (including phenoxy) is 1. The molecule has 2 fully saturated rings. The number of rotatable bonds is 6. The number of nitrogens with zero attached hydrogens (tertiary/aromatic N) is 1. The van der Waals surface area contributed by atoms with Crippen LogP contribution in [0.2, 0.25) is 0 Å². The zero-order valence-electron chi connectivity index (χ0n) is 18.9. The Balaban J connectivity index is 1.24. The molecule has 8 heteroatoms. The van der Waals surface area contributed by atoms with Crippen LogP contribution in [0.25, 0.3) is 0 Å². The smallest absolute Gasteiger partial charge is 0.255 e. The summed E-state index contributed by atoms with van der Waals surface area (Å²) in [5, 5.41) is 5.93. The number of imide groups is 1. The lowest BCUT2D eigenvalue weighted by atomic mass is 9.84. The van der Waals surface area contributed by atoms with E-state index in [2.05, 4.69) is 10.6 Å². The first kappa shape index (κ1) is 22.1. The number of amides is 3. The monoisotopic (exact) mass is 455 g/mol. The lowest BCUT2D eigenvalue weighted by Gasteiger charge is -2.35. The first-order valence-electron chi connectivity index (χ1n) is 11.9. The molecule has 7 nitrogen and oxygen atoms in total. The lowest BCUT2D eigenvalue weighted by Crippen LogP contribution is -2.52. The molecule has 1 aromatic rings. The van der Waals surface area contributed by atoms with Crippen molar-refractivity contribution >= 4 is 17.7 Å². The number of piperidine rings is 1. The predicted octanol–water partition coefficient (Wildman–Crippen LogP) is 2.99. The molecule has 176 valence electrons. The minimum absolute atomic E-state index is 0.0225. The van der Waals surface area contributed by atoms with Crippen molar-refractivity contribution in [1.29, 1.82) is 0 Å². The molecule has 2 unspecified atom stereocenters. The number of halogens is 1. The van der Waals surface area contributed by atoms with Crippen molar-refractivity contribution in [2.75, 3.05) is 6.54 Å². The van der Waals surface area contributed by atoms with Crippen LogP contribution in [0.5, 0.6) is 5.75 Å². The average Bonchev–Trinajstić information content (AvgIpc) is 3.12. The summed E-state index contributed by atoms with van der Waals surface area (Å²) >= 11 is 0. The molecule has 2 aliphatic carbocycles. The molecule has 5 rings (SSSR count). The number of carbonyl (C=O) groups is 3. The highest BCUT2D eigenvalue weighted by molar-refractivity contribution is 6.05. The minimum atomic E-state index is -0.618. The molecule has 1 aromatic carbocycles. The van der Waals surface area contributed by atoms with Crippen molar-refractivity contribution in [2.24, 2.45) is 5.92 Å². The van der Waals surface area contributed by atoms with Crippen molar-refractivity contribution in [3.8, 4) is 5.75 Å². The Morgan fingerprint density at radius 2 is 2.00 bits per heavy atom. The van der Waals surface area contributed by atoms with Crippen LogP contribution in [0.4, 0.5) is 4.39 Å². The van der Waals surface area contributed by atoms with Crippen molar-refractivity contribution in [1.82, 2.24) is 15.5 Å². The Hall–Kier alpha value is -2.74. The molecule has 1 saturated carbocycles. The second-order valence-electron chi connectivity index (χ2n) is 9.66. The van der Waals surface area contributed by atoms with Gasteiger partial charge in [0.05, 0.1) is 5.83 Å². The van der Waals surface area contributed by atoms with E-state index in [0.29, 0.717) is 24.9 Å². The summed E-state index contributed by atoms with van der Waals surface area (Å²) in [6, 6.07) is 5.09. The van der Waals surface area contributed by atoms with Gasteiger partial charge in [0.15, 0.2) is 0 Å². The first-order chi connectivity index (χ1) is 15.9. The second kappa shape index (κ2) is 8.89. The fourth-order valence-corrected chi connectivity index (χ4v) is 5.41. The number of carbonyl (C=O) groups excluding carboxylic acids is 3. The maximum Gasteiger partial charge on any atom is 0.255 e. The summed E-state index contributed by atoms with van der Waals surface area (Å²) in [6.07, 6.45) is 5.36. The summed E-state index contributed by atoms with van der Waals surface area (Å²) in [7, 11) is 0. The van der Waals surface area contributed by atoms with Crippen LogP contribution in [-0.2, 0) is 16.1 Å². The fourth-order valence-electron chi connectivity index (χ4n) is 5.41. The van der Waals surface area contributed by atoms with Gasteiger partial charge in [-0.3, -0.25) is 19.7 Å². The summed E-state index contributed by atoms with van der Waals surface area (Å²) in [4.78, 5) is 38.1. The highest BCUT2D eigenvalue weighted by Crippen LogP contribution is 2.35. The van der Waals surface area contributed by atoms with Crippen molar-refractivity contribution in [2.45, 2.75) is 76.6 Å². The van der Waals surface area contributed by atoms with Crippen LogP contribution >= 0.6 is 0 Å². The molecule has 2 N–H and O–H groups in total. The third-order valence-corrected chi connectivity index (χ3v) is 7.58. The fraction of sp³-hybridized carbons (Fsp3) is 0.560. The molecule has 2 aliphatic heterocycles. The van der Waals surface area contributed by atoms with E-state index in [0.717, 1.165) is 49.1 Å². The average molecular weight is 456 g/mol. The molecule has 0 radical (unpaired) electrons. The van der Waals surface area contributed by atoms with E-state index in [4.69, 9.17) is 4.74 Å². The van der Waals surface area contributed by atoms with E-state index in [1.807, 2.05) is 19.1 Å². The van der Waals surface area contributed by atoms with Crippen LogP contribution in [0.3, 0.4) is 0 Å². The summed E-state index contributed by atoms with van der Waals surface area (Å²) < 4.78 is 19.7. The Morgan fingerprint density at radius 1 is 1.18 bits per heavy atom. The van der Waals surface area contributed by atoms with Crippen LogP contribution in [-0.4, -0.2) is 47.4 Å². The first-order valence-corrected chi connectivity index (χ1v) is 11.9. The maximum absolute atomic E-state index is 13.4. The van der Waals surface area contributed by atoms with Gasteiger partial charge in [-0.15, -0.1) is 0 Å². The van der Waals surface area contributed by atoms with Crippen molar-refractivity contribution in [3.63, 3.8) is 0 Å². The van der Waals surface area contributed by atoms with Crippen LogP contribution in [0.1, 0.15) is 67.8 Å². The normalized spacial score (nSPS) is 29.6. The Morgan fingerprint density at radius 3 is 2.76 bits per heavy atom. The van der Waals surface area contributed by atoms with Crippen LogP contribution < -0.4 is 15.4 Å². The highest BCUT2D eigenvalue weighted by Gasteiger charge is 2.39. The maximum atomic E-state index is 13.4. The third kappa shape index (κ3) is 4.28. The molecule has 33 heavy (non-hydrogen) atoms. The number of fused-ring (bicyclic) bond motifs is 1. The van der Waals surface area contributed by atoms with Crippen molar-refractivity contribution in [3.05, 3.63) is 40.7 Å². The van der Waals surface area contributed by atoms with Gasteiger partial charge in [-0.05, 0) is 61.9 Å². The minimum Gasteiger partial charge on any atom is -0.489 e. The molecular weight excluding hydrogens is 425 g/mol. The van der Waals surface area contributed by atoms with Gasteiger partial charge in [-0.2, -0.15) is 0 Å². The Labute approximate surface area is 192 Å².